The number of amides is 3. The van der Waals surface area contributed by atoms with Gasteiger partial charge in [0.1, 0.15) is 6.04 Å². The minimum Gasteiger partial charge on any atom is -0.337 e. The van der Waals surface area contributed by atoms with Gasteiger partial charge >= 0.3 is 6.03 Å². The average molecular weight is 386 g/mol. The standard InChI is InChI=1S/C21H24ClN3O2/c1-15-5-4-6-18(13-15)23-21(27)24-19-7-2-3-12-25(20(19)26)14-16-8-10-17(22)11-9-16/h4-6,8-11,13,19H,2-3,7,12,14H2,1H3,(H2,23,24,27). The van der Waals surface area contributed by atoms with Gasteiger partial charge in [-0.15, -0.1) is 0 Å². The van der Waals surface area contributed by atoms with Crippen molar-refractivity contribution in [1.29, 1.82) is 0 Å². The van der Waals surface area contributed by atoms with Crippen molar-refractivity contribution in [3.63, 3.8) is 0 Å². The van der Waals surface area contributed by atoms with Crippen molar-refractivity contribution in [3.8, 4) is 0 Å². The van der Waals surface area contributed by atoms with Crippen molar-refractivity contribution in [2.75, 3.05) is 11.9 Å². The number of urea groups is 1. The predicted octanol–water partition coefficient (Wildman–Crippen LogP) is 4.35. The smallest absolute Gasteiger partial charge is 0.319 e. The highest BCUT2D eigenvalue weighted by molar-refractivity contribution is 6.30. The van der Waals surface area contributed by atoms with E-state index in [4.69, 9.17) is 11.6 Å². The van der Waals surface area contributed by atoms with Gasteiger partial charge in [-0.2, -0.15) is 0 Å². The summed E-state index contributed by atoms with van der Waals surface area (Å²) >= 11 is 5.93. The Morgan fingerprint density at radius 3 is 2.70 bits per heavy atom. The summed E-state index contributed by atoms with van der Waals surface area (Å²) in [6.07, 6.45) is 2.48. The van der Waals surface area contributed by atoms with Crippen LogP contribution in [-0.2, 0) is 11.3 Å². The molecular weight excluding hydrogens is 362 g/mol. The SMILES string of the molecule is Cc1cccc(NC(=O)NC2CCCCN(Cc3ccc(Cl)cc3)C2=O)c1. The second-order valence-corrected chi connectivity index (χ2v) is 7.34. The molecule has 3 rings (SSSR count). The fraction of sp³-hybridized carbons (Fsp3) is 0.333. The first-order valence-corrected chi connectivity index (χ1v) is 9.56. The molecule has 0 saturated carbocycles. The van der Waals surface area contributed by atoms with E-state index in [1.54, 1.807) is 0 Å². The van der Waals surface area contributed by atoms with Crippen molar-refractivity contribution >= 4 is 29.2 Å². The Labute approximate surface area is 164 Å². The lowest BCUT2D eigenvalue weighted by Gasteiger charge is -2.25. The van der Waals surface area contributed by atoms with Crippen LogP contribution in [0.4, 0.5) is 10.5 Å². The zero-order chi connectivity index (χ0) is 19.2. The Morgan fingerprint density at radius 1 is 1.19 bits per heavy atom. The number of hydrogen-bond donors (Lipinski definition) is 2. The molecule has 0 aliphatic carbocycles. The highest BCUT2D eigenvalue weighted by Crippen LogP contribution is 2.17. The molecule has 2 N–H and O–H groups in total. The van der Waals surface area contributed by atoms with Gasteiger partial charge in [0.15, 0.2) is 0 Å². The van der Waals surface area contributed by atoms with E-state index < -0.39 is 6.04 Å². The molecule has 3 amide bonds. The Kier molecular flexibility index (Phi) is 6.35. The average Bonchev–Trinajstić information content (AvgIpc) is 2.79. The molecule has 142 valence electrons. The van der Waals surface area contributed by atoms with Crippen molar-refractivity contribution in [3.05, 3.63) is 64.7 Å². The van der Waals surface area contributed by atoms with Crippen LogP contribution in [0.3, 0.4) is 0 Å². The third-order valence-electron chi connectivity index (χ3n) is 4.65. The summed E-state index contributed by atoms with van der Waals surface area (Å²) in [5.41, 5.74) is 2.80. The van der Waals surface area contributed by atoms with E-state index in [9.17, 15) is 9.59 Å². The lowest BCUT2D eigenvalue weighted by atomic mass is 10.1. The van der Waals surface area contributed by atoms with Crippen molar-refractivity contribution in [1.82, 2.24) is 10.2 Å². The molecule has 27 heavy (non-hydrogen) atoms. The van der Waals surface area contributed by atoms with Gasteiger partial charge in [-0.05, 0) is 61.6 Å². The maximum Gasteiger partial charge on any atom is 0.319 e. The number of anilines is 1. The minimum atomic E-state index is -0.510. The van der Waals surface area contributed by atoms with E-state index in [1.807, 2.05) is 60.4 Å². The summed E-state index contributed by atoms with van der Waals surface area (Å²) in [4.78, 5) is 27.1. The zero-order valence-corrected chi connectivity index (χ0v) is 16.1. The number of benzene rings is 2. The molecule has 5 nitrogen and oxygen atoms in total. The van der Waals surface area contributed by atoms with Crippen molar-refractivity contribution in [2.45, 2.75) is 38.8 Å². The topological polar surface area (TPSA) is 61.4 Å². The van der Waals surface area contributed by atoms with Crippen LogP contribution in [0, 0.1) is 6.92 Å². The monoisotopic (exact) mass is 385 g/mol. The van der Waals surface area contributed by atoms with E-state index in [0.717, 1.165) is 24.0 Å². The first-order chi connectivity index (χ1) is 13.0. The number of carbonyl (C=O) groups excluding carboxylic acids is 2. The van der Waals surface area contributed by atoms with E-state index in [-0.39, 0.29) is 11.9 Å². The summed E-state index contributed by atoms with van der Waals surface area (Å²) < 4.78 is 0. The summed E-state index contributed by atoms with van der Waals surface area (Å²) in [6.45, 7) is 3.18. The highest BCUT2D eigenvalue weighted by Gasteiger charge is 2.28. The highest BCUT2D eigenvalue weighted by atomic mass is 35.5. The molecule has 0 aromatic heterocycles. The van der Waals surface area contributed by atoms with Gasteiger partial charge in [0.2, 0.25) is 5.91 Å². The first-order valence-electron chi connectivity index (χ1n) is 9.19. The molecule has 1 fully saturated rings. The summed E-state index contributed by atoms with van der Waals surface area (Å²) in [5, 5.41) is 6.32. The third-order valence-corrected chi connectivity index (χ3v) is 4.90. The molecule has 1 aliphatic rings. The van der Waals surface area contributed by atoms with Crippen LogP contribution in [0.2, 0.25) is 5.02 Å². The van der Waals surface area contributed by atoms with Crippen LogP contribution in [0.1, 0.15) is 30.4 Å². The maximum atomic E-state index is 12.9. The summed E-state index contributed by atoms with van der Waals surface area (Å²) in [5.74, 6) is -0.0400. The Balaban J connectivity index is 1.62. The van der Waals surface area contributed by atoms with Gasteiger partial charge in [0.25, 0.3) is 0 Å². The summed E-state index contributed by atoms with van der Waals surface area (Å²) in [6, 6.07) is 14.2. The largest absolute Gasteiger partial charge is 0.337 e. The number of nitrogens with zero attached hydrogens (tertiary/aromatic N) is 1. The van der Waals surface area contributed by atoms with E-state index in [2.05, 4.69) is 10.6 Å². The second kappa shape index (κ2) is 8.91. The predicted molar refractivity (Wildman–Crippen MR) is 108 cm³/mol. The molecule has 0 radical (unpaired) electrons. The van der Waals surface area contributed by atoms with E-state index >= 15 is 0 Å². The number of hydrogen-bond acceptors (Lipinski definition) is 2. The Morgan fingerprint density at radius 2 is 1.96 bits per heavy atom. The molecule has 2 aromatic carbocycles. The van der Waals surface area contributed by atoms with Gasteiger partial charge in [-0.3, -0.25) is 4.79 Å². The zero-order valence-electron chi connectivity index (χ0n) is 15.4. The van der Waals surface area contributed by atoms with Gasteiger partial charge in [-0.1, -0.05) is 35.9 Å². The van der Waals surface area contributed by atoms with Crippen LogP contribution >= 0.6 is 11.6 Å². The molecule has 1 saturated heterocycles. The molecule has 1 heterocycles. The number of carbonyl (C=O) groups is 2. The van der Waals surface area contributed by atoms with Crippen LogP contribution in [0.15, 0.2) is 48.5 Å². The maximum absolute atomic E-state index is 12.9. The van der Waals surface area contributed by atoms with Gasteiger partial charge in [0, 0.05) is 23.8 Å². The summed E-state index contributed by atoms with van der Waals surface area (Å²) in [7, 11) is 0. The fourth-order valence-electron chi connectivity index (χ4n) is 3.25. The second-order valence-electron chi connectivity index (χ2n) is 6.90. The van der Waals surface area contributed by atoms with Crippen LogP contribution < -0.4 is 10.6 Å². The minimum absolute atomic E-state index is 0.0400. The molecule has 1 unspecified atom stereocenters. The molecule has 1 atom stereocenters. The molecule has 0 bridgehead atoms. The van der Waals surface area contributed by atoms with Gasteiger partial charge in [-0.25, -0.2) is 4.79 Å². The van der Waals surface area contributed by atoms with Crippen molar-refractivity contribution in [2.24, 2.45) is 0 Å². The number of halogens is 1. The fourth-order valence-corrected chi connectivity index (χ4v) is 3.38. The molecule has 6 heteroatoms. The molecule has 1 aliphatic heterocycles. The molecule has 0 spiro atoms. The number of rotatable bonds is 4. The lowest BCUT2D eigenvalue weighted by molar-refractivity contribution is -0.133. The van der Waals surface area contributed by atoms with Crippen molar-refractivity contribution < 1.29 is 9.59 Å². The molecular formula is C21H24ClN3O2. The van der Waals surface area contributed by atoms with E-state index in [1.165, 1.54) is 0 Å². The van der Waals surface area contributed by atoms with Gasteiger partial charge < -0.3 is 15.5 Å². The van der Waals surface area contributed by atoms with Gasteiger partial charge in [0.05, 0.1) is 0 Å². The number of likely N-dealkylation sites (tertiary alicyclic amines) is 1. The number of nitrogens with one attached hydrogen (secondary N) is 2. The number of aryl methyl sites for hydroxylation is 1. The Bertz CT molecular complexity index is 807. The third kappa shape index (κ3) is 5.47. The normalized spacial score (nSPS) is 17.3. The van der Waals surface area contributed by atoms with Crippen LogP contribution in [-0.4, -0.2) is 29.4 Å². The first kappa shape index (κ1) is 19.2. The quantitative estimate of drug-likeness (QED) is 0.821. The van der Waals surface area contributed by atoms with Crippen LogP contribution in [0.25, 0.3) is 0 Å². The Hall–Kier alpha value is -2.53. The van der Waals surface area contributed by atoms with Crippen LogP contribution in [0.5, 0.6) is 0 Å². The van der Waals surface area contributed by atoms with E-state index in [0.29, 0.717) is 30.2 Å². The molecule has 2 aromatic rings. The lowest BCUT2D eigenvalue weighted by Crippen LogP contribution is -2.48.